The Kier molecular flexibility index (Phi) is 6.13. The van der Waals surface area contributed by atoms with E-state index in [1.807, 2.05) is 36.4 Å². The summed E-state index contributed by atoms with van der Waals surface area (Å²) in [6, 6.07) is 20.0. The highest BCUT2D eigenvalue weighted by molar-refractivity contribution is 7.98. The van der Waals surface area contributed by atoms with E-state index in [-0.39, 0.29) is 11.3 Å². The zero-order valence-electron chi connectivity index (χ0n) is 16.6. The number of para-hydroxylation sites is 2. The van der Waals surface area contributed by atoms with Crippen molar-refractivity contribution in [2.24, 2.45) is 0 Å². The number of aromatic nitrogens is 2. The first-order chi connectivity index (χ1) is 15.5. The zero-order chi connectivity index (χ0) is 22.5. The second-order valence-corrected chi connectivity index (χ2v) is 7.72. The lowest BCUT2D eigenvalue weighted by atomic mass is 10.1. The fraction of sp³-hybridized carbons (Fsp3) is 0.0455. The fourth-order valence-corrected chi connectivity index (χ4v) is 3.76. The monoisotopic (exact) mass is 447 g/mol. The number of thioether (sulfide) groups is 1. The fourth-order valence-electron chi connectivity index (χ4n) is 2.92. The van der Waals surface area contributed by atoms with Crippen molar-refractivity contribution in [2.45, 2.75) is 10.9 Å². The molecule has 0 fully saturated rings. The molecule has 0 bridgehead atoms. The van der Waals surface area contributed by atoms with E-state index in [0.29, 0.717) is 11.3 Å². The van der Waals surface area contributed by atoms with Crippen LogP contribution < -0.4 is 10.9 Å². The van der Waals surface area contributed by atoms with Gasteiger partial charge in [-0.1, -0.05) is 42.1 Å². The Balaban J connectivity index is 1.31. The number of hydrogen-bond acceptors (Lipinski definition) is 6. The van der Waals surface area contributed by atoms with Crippen molar-refractivity contribution >= 4 is 40.3 Å². The van der Waals surface area contributed by atoms with E-state index >= 15 is 0 Å². The minimum Gasteiger partial charge on any atom is -0.333 e. The second-order valence-electron chi connectivity index (χ2n) is 6.76. The van der Waals surface area contributed by atoms with E-state index in [1.165, 1.54) is 18.2 Å². The summed E-state index contributed by atoms with van der Waals surface area (Å²) >= 11 is 1.56. The quantitative estimate of drug-likeness (QED) is 0.234. The molecule has 10 heteroatoms. The van der Waals surface area contributed by atoms with Crippen molar-refractivity contribution in [1.82, 2.24) is 20.8 Å². The van der Waals surface area contributed by atoms with Crippen LogP contribution in [0.25, 0.3) is 11.0 Å². The maximum absolute atomic E-state index is 12.3. The number of fused-ring (bicyclic) bond motifs is 1. The summed E-state index contributed by atoms with van der Waals surface area (Å²) in [6.07, 6.45) is 0. The Labute approximate surface area is 186 Å². The molecule has 4 rings (SSSR count). The Bertz CT molecular complexity index is 1270. The molecule has 0 spiro atoms. The van der Waals surface area contributed by atoms with Crippen molar-refractivity contribution in [3.05, 3.63) is 99.6 Å². The van der Waals surface area contributed by atoms with E-state index in [9.17, 15) is 19.7 Å². The summed E-state index contributed by atoms with van der Waals surface area (Å²) in [6.45, 7) is 0. The smallest absolute Gasteiger partial charge is 0.270 e. The molecule has 32 heavy (non-hydrogen) atoms. The van der Waals surface area contributed by atoms with Crippen molar-refractivity contribution < 1.29 is 14.5 Å². The van der Waals surface area contributed by atoms with Gasteiger partial charge < -0.3 is 4.98 Å². The molecule has 1 aromatic heterocycles. The molecule has 0 aliphatic heterocycles. The van der Waals surface area contributed by atoms with Gasteiger partial charge in [0.15, 0.2) is 5.16 Å². The van der Waals surface area contributed by atoms with E-state index in [1.54, 1.807) is 23.9 Å². The summed E-state index contributed by atoms with van der Waals surface area (Å²) in [5, 5.41) is 11.6. The van der Waals surface area contributed by atoms with Gasteiger partial charge in [0.05, 0.1) is 16.0 Å². The average Bonchev–Trinajstić information content (AvgIpc) is 3.24. The molecule has 9 nitrogen and oxygen atoms in total. The average molecular weight is 447 g/mol. The molecule has 0 aliphatic rings. The molecular formula is C22H17N5O4S. The molecule has 0 atom stereocenters. The van der Waals surface area contributed by atoms with Gasteiger partial charge in [-0.3, -0.25) is 30.6 Å². The third kappa shape index (κ3) is 4.93. The van der Waals surface area contributed by atoms with Crippen LogP contribution in [0.15, 0.2) is 78.0 Å². The molecule has 160 valence electrons. The Morgan fingerprint density at radius 1 is 0.938 bits per heavy atom. The van der Waals surface area contributed by atoms with Gasteiger partial charge >= 0.3 is 0 Å². The lowest BCUT2D eigenvalue weighted by Gasteiger charge is -2.08. The number of nitro benzene ring substituents is 1. The Morgan fingerprint density at radius 3 is 2.38 bits per heavy atom. The zero-order valence-corrected chi connectivity index (χ0v) is 17.4. The molecule has 0 saturated heterocycles. The third-order valence-corrected chi connectivity index (χ3v) is 5.51. The topological polar surface area (TPSA) is 130 Å². The van der Waals surface area contributed by atoms with Crippen molar-refractivity contribution in [1.29, 1.82) is 0 Å². The highest BCUT2D eigenvalue weighted by atomic mass is 32.2. The van der Waals surface area contributed by atoms with Crippen LogP contribution in [0.5, 0.6) is 0 Å². The number of non-ortho nitro benzene ring substituents is 1. The van der Waals surface area contributed by atoms with Gasteiger partial charge in [0, 0.05) is 29.0 Å². The van der Waals surface area contributed by atoms with Crippen LogP contribution in [0.3, 0.4) is 0 Å². The van der Waals surface area contributed by atoms with Crippen LogP contribution in [-0.4, -0.2) is 26.7 Å². The first-order valence-electron chi connectivity index (χ1n) is 9.51. The van der Waals surface area contributed by atoms with Crippen LogP contribution in [0.4, 0.5) is 5.69 Å². The SMILES string of the molecule is O=C(NNC(=O)c1cccc([N+](=O)[O-])c1)c1ccc(CSc2nc3ccccc3[nH]2)cc1. The number of rotatable bonds is 6. The Morgan fingerprint density at radius 2 is 1.66 bits per heavy atom. The standard InChI is InChI=1S/C22H17N5O4S/c28-20(25-26-21(29)16-4-3-5-17(12-16)27(30)31)15-10-8-14(9-11-15)13-32-22-23-18-6-1-2-7-19(18)24-22/h1-12H,13H2,(H,23,24)(H,25,28)(H,26,29). The number of hydrogen-bond donors (Lipinski definition) is 3. The van der Waals surface area contributed by atoms with Gasteiger partial charge in [0.1, 0.15) is 0 Å². The molecule has 2 amide bonds. The summed E-state index contributed by atoms with van der Waals surface area (Å²) in [4.78, 5) is 42.4. The molecule has 0 aliphatic carbocycles. The number of H-pyrrole nitrogens is 1. The van der Waals surface area contributed by atoms with E-state index in [2.05, 4.69) is 20.8 Å². The number of hydrazine groups is 1. The number of carbonyl (C=O) groups is 2. The molecule has 0 unspecified atom stereocenters. The maximum Gasteiger partial charge on any atom is 0.270 e. The van der Waals surface area contributed by atoms with E-state index < -0.39 is 16.7 Å². The number of aromatic amines is 1. The summed E-state index contributed by atoms with van der Waals surface area (Å²) in [5.74, 6) is -0.480. The molecule has 1 heterocycles. The number of benzene rings is 3. The summed E-state index contributed by atoms with van der Waals surface area (Å²) in [7, 11) is 0. The van der Waals surface area contributed by atoms with Crippen LogP contribution in [0.1, 0.15) is 26.3 Å². The number of nitro groups is 1. The third-order valence-electron chi connectivity index (χ3n) is 4.57. The van der Waals surface area contributed by atoms with Gasteiger partial charge in [0.25, 0.3) is 17.5 Å². The van der Waals surface area contributed by atoms with Crippen LogP contribution in [-0.2, 0) is 5.75 Å². The summed E-state index contributed by atoms with van der Waals surface area (Å²) < 4.78 is 0. The predicted octanol–water partition coefficient (Wildman–Crippen LogP) is 3.84. The minimum absolute atomic E-state index is 0.0671. The number of imidazole rings is 1. The second kappa shape index (κ2) is 9.31. The van der Waals surface area contributed by atoms with Gasteiger partial charge in [-0.05, 0) is 35.9 Å². The first kappa shape index (κ1) is 21.1. The van der Waals surface area contributed by atoms with Gasteiger partial charge in [-0.2, -0.15) is 0 Å². The Hall–Kier alpha value is -4.18. The van der Waals surface area contributed by atoms with Gasteiger partial charge in [0.2, 0.25) is 0 Å². The highest BCUT2D eigenvalue weighted by Gasteiger charge is 2.13. The lowest BCUT2D eigenvalue weighted by Crippen LogP contribution is -2.41. The number of nitrogens with zero attached hydrogens (tertiary/aromatic N) is 2. The lowest BCUT2D eigenvalue weighted by molar-refractivity contribution is -0.384. The molecular weight excluding hydrogens is 430 g/mol. The highest BCUT2D eigenvalue weighted by Crippen LogP contribution is 2.23. The normalized spacial score (nSPS) is 10.6. The van der Waals surface area contributed by atoms with E-state index in [4.69, 9.17) is 0 Å². The molecule has 3 aromatic carbocycles. The van der Waals surface area contributed by atoms with Crippen molar-refractivity contribution in [3.8, 4) is 0 Å². The maximum atomic E-state index is 12.3. The molecule has 4 aromatic rings. The van der Waals surface area contributed by atoms with Crippen molar-refractivity contribution in [2.75, 3.05) is 0 Å². The van der Waals surface area contributed by atoms with Crippen LogP contribution in [0, 0.1) is 10.1 Å². The number of nitrogens with one attached hydrogen (secondary N) is 3. The molecule has 0 saturated carbocycles. The number of carbonyl (C=O) groups excluding carboxylic acids is 2. The van der Waals surface area contributed by atoms with E-state index in [0.717, 1.165) is 27.8 Å². The summed E-state index contributed by atoms with van der Waals surface area (Å²) in [5.41, 5.74) is 7.69. The predicted molar refractivity (Wildman–Crippen MR) is 120 cm³/mol. The first-order valence-corrected chi connectivity index (χ1v) is 10.5. The minimum atomic E-state index is -0.652. The van der Waals surface area contributed by atoms with Crippen LogP contribution >= 0.6 is 11.8 Å². The van der Waals surface area contributed by atoms with Gasteiger partial charge in [-0.15, -0.1) is 0 Å². The van der Waals surface area contributed by atoms with Crippen molar-refractivity contribution in [3.63, 3.8) is 0 Å². The van der Waals surface area contributed by atoms with Crippen LogP contribution in [0.2, 0.25) is 0 Å². The molecule has 0 radical (unpaired) electrons. The molecule has 3 N–H and O–H groups in total. The number of amides is 2. The largest absolute Gasteiger partial charge is 0.333 e. The van der Waals surface area contributed by atoms with Gasteiger partial charge in [-0.25, -0.2) is 4.98 Å².